The van der Waals surface area contributed by atoms with Crippen LogP contribution in [0.1, 0.15) is 0 Å². The van der Waals surface area contributed by atoms with Gasteiger partial charge in [-0.05, 0) is 188 Å². The lowest BCUT2D eigenvalue weighted by atomic mass is 10.1. The van der Waals surface area contributed by atoms with Crippen LogP contribution in [-0.2, 0) is 0 Å². The first-order valence-electron chi connectivity index (χ1n) is 39.0. The number of nitrogens with zero attached hydrogens (tertiary/aromatic N) is 12. The summed E-state index contributed by atoms with van der Waals surface area (Å²) in [5.74, 6) is 8.09. The van der Waals surface area contributed by atoms with E-state index < -0.39 is 0 Å². The van der Waals surface area contributed by atoms with E-state index in [2.05, 4.69) is 227 Å². The highest BCUT2D eigenvalue weighted by atomic mass is 16.5. The summed E-state index contributed by atoms with van der Waals surface area (Å²) in [5.41, 5.74) is 24.7. The Morgan fingerprint density at radius 2 is 0.653 bits per heavy atom. The Bertz CT molecular complexity index is 7610. The van der Waals surface area contributed by atoms with Crippen LogP contribution in [0.3, 0.4) is 0 Å². The van der Waals surface area contributed by atoms with E-state index in [-0.39, 0.29) is 0 Å². The minimum absolute atomic E-state index is 0.492. The summed E-state index contributed by atoms with van der Waals surface area (Å²) in [6, 6.07) is 128. The van der Waals surface area contributed by atoms with Crippen molar-refractivity contribution >= 4 is 123 Å². The minimum Gasteiger partial charge on any atom is -0.453 e. The maximum atomic E-state index is 7.18. The van der Waals surface area contributed by atoms with Gasteiger partial charge in [-0.15, -0.1) is 0 Å². The van der Waals surface area contributed by atoms with E-state index in [1.807, 2.05) is 182 Å². The van der Waals surface area contributed by atoms with Gasteiger partial charge in [0.25, 0.3) is 0 Å². The number of oxazole rings is 2. The summed E-state index contributed by atoms with van der Waals surface area (Å²) < 4.78 is 41.6. The largest absolute Gasteiger partial charge is 0.453 e. The fourth-order valence-corrected chi connectivity index (χ4v) is 17.0. The predicted octanol–water partition coefficient (Wildman–Crippen LogP) is 26.5. The number of aromatic nitrogens is 9. The van der Waals surface area contributed by atoms with Crippen molar-refractivity contribution in [3.63, 3.8) is 0 Å². The summed E-state index contributed by atoms with van der Waals surface area (Å²) in [6.45, 7) is 0. The smallest absolute Gasteiger partial charge is 0.227 e. The molecule has 9 heterocycles. The Balaban J connectivity index is 0.000000135. The van der Waals surface area contributed by atoms with E-state index in [1.54, 1.807) is 0 Å². The topological polar surface area (TPSA) is 147 Å². The molecule has 0 N–H and O–H groups in total. The van der Waals surface area contributed by atoms with Crippen molar-refractivity contribution in [2.24, 2.45) is 0 Å². The SMILES string of the molecule is c1ccc(-c2nc3c(N4c5ccccc5Oc5ccccc54)c4c(nc(-c5ccccc5)n4-c4ccccc4)c(-n4c5ccccc5n5c6ccccc6nc45)c3o2)cc1.c1ccc(-n2c(-c3ccc(N4c5ccccc5Oc5ccccc54)cc3)nc3cc4oc(-c5ccc(N6c7ccccc7Oc7ccccc76)cc5)nc4cc32)cc1. The molecule has 25 rings (SSSR count). The summed E-state index contributed by atoms with van der Waals surface area (Å²) in [5, 5.41) is 0. The van der Waals surface area contributed by atoms with Crippen LogP contribution in [0.4, 0.5) is 51.2 Å². The van der Waals surface area contributed by atoms with Crippen molar-refractivity contribution in [1.29, 1.82) is 0 Å². The number of imidazole rings is 4. The van der Waals surface area contributed by atoms with Crippen molar-refractivity contribution < 1.29 is 23.0 Å². The zero-order valence-electron chi connectivity index (χ0n) is 62.7. The van der Waals surface area contributed by atoms with Gasteiger partial charge < -0.3 is 32.8 Å². The lowest BCUT2D eigenvalue weighted by Gasteiger charge is -2.33. The molecule has 0 unspecified atom stereocenters. The van der Waals surface area contributed by atoms with Crippen LogP contribution in [-0.4, -0.2) is 43.0 Å². The van der Waals surface area contributed by atoms with Gasteiger partial charge in [0.2, 0.25) is 17.6 Å². The Morgan fingerprint density at radius 1 is 0.237 bits per heavy atom. The summed E-state index contributed by atoms with van der Waals surface area (Å²) in [6.07, 6.45) is 0. The fourth-order valence-electron chi connectivity index (χ4n) is 17.0. The van der Waals surface area contributed by atoms with Crippen molar-refractivity contribution in [2.45, 2.75) is 0 Å². The molecule has 0 amide bonds. The Morgan fingerprint density at radius 3 is 1.19 bits per heavy atom. The second-order valence-electron chi connectivity index (χ2n) is 29.1. The molecule has 17 heteroatoms. The molecule has 3 aliphatic heterocycles. The first kappa shape index (κ1) is 66.1. The first-order chi connectivity index (χ1) is 58.5. The minimum atomic E-state index is 0.492. The van der Waals surface area contributed by atoms with Gasteiger partial charge in [-0.2, -0.15) is 0 Å². The van der Waals surface area contributed by atoms with Crippen molar-refractivity contribution in [2.75, 3.05) is 14.7 Å². The molecule has 16 aromatic carbocycles. The molecule has 0 spiro atoms. The zero-order chi connectivity index (χ0) is 77.5. The Kier molecular flexibility index (Phi) is 14.9. The van der Waals surface area contributed by atoms with Gasteiger partial charge in [0, 0.05) is 51.1 Å². The van der Waals surface area contributed by atoms with Gasteiger partial charge in [-0.1, -0.05) is 182 Å². The number of fused-ring (bicyclic) bond motifs is 15. The Hall–Kier alpha value is -16.5. The highest BCUT2D eigenvalue weighted by molar-refractivity contribution is 6.18. The van der Waals surface area contributed by atoms with Crippen LogP contribution in [0.25, 0.3) is 135 Å². The van der Waals surface area contributed by atoms with E-state index in [4.69, 9.17) is 48.0 Å². The molecule has 0 atom stereocenters. The summed E-state index contributed by atoms with van der Waals surface area (Å²) in [7, 11) is 0. The van der Waals surface area contributed by atoms with Crippen molar-refractivity contribution in [3.05, 3.63) is 376 Å². The van der Waals surface area contributed by atoms with Gasteiger partial charge in [0.15, 0.2) is 45.7 Å². The number of ether oxygens (including phenoxy) is 3. The first-order valence-corrected chi connectivity index (χ1v) is 39.0. The average Bonchev–Trinajstić information content (AvgIpc) is 1.52. The van der Waals surface area contributed by atoms with E-state index >= 15 is 0 Å². The maximum Gasteiger partial charge on any atom is 0.227 e. The van der Waals surface area contributed by atoms with E-state index in [9.17, 15) is 0 Å². The number of rotatable bonds is 10. The molecular formula is C101H62N12O5. The van der Waals surface area contributed by atoms with Crippen LogP contribution in [0.2, 0.25) is 0 Å². The van der Waals surface area contributed by atoms with E-state index in [0.717, 1.165) is 187 Å². The standard InChI is InChI=1S/C51H31N7O2.C50H31N5O3/c1-4-18-32(19-5-1)49-53-43-45(55(49)34-22-8-3-9-23-34)46(56-39-28-14-16-30-41(39)59-42-31-17-15-29-40(42)56)44-48(60-50(54-44)33-20-6-2-7-21-33)47(43)58-38-27-13-12-26-37(38)57-36-25-11-10-24-35(36)52-51(57)58;1-2-12-34(13-3-1)55-43-30-38-48(58-50(52-38)33-24-28-36(29-25-33)54-41-16-6-10-20-46(41)57-47-21-11-7-17-42(47)54)31-37(43)51-49(55)32-22-26-35(27-23-32)53-39-14-4-8-18-44(39)56-45-19-9-5-15-40(45)53/h1-31H;1-31H. The van der Waals surface area contributed by atoms with Gasteiger partial charge in [0.05, 0.1) is 67.2 Å². The van der Waals surface area contributed by atoms with Crippen LogP contribution < -0.4 is 28.9 Å². The molecule has 0 radical (unpaired) electrons. The average molecular weight is 1520 g/mol. The molecule has 17 nitrogen and oxygen atoms in total. The van der Waals surface area contributed by atoms with Crippen LogP contribution in [0, 0.1) is 0 Å². The fraction of sp³-hybridized carbons (Fsp3) is 0. The second kappa shape index (κ2) is 26.6. The highest BCUT2D eigenvalue weighted by Gasteiger charge is 2.38. The lowest BCUT2D eigenvalue weighted by molar-refractivity contribution is 0.477. The van der Waals surface area contributed by atoms with Gasteiger partial charge in [-0.25, -0.2) is 24.9 Å². The number of benzene rings is 16. The van der Waals surface area contributed by atoms with Crippen molar-refractivity contribution in [3.8, 4) is 97.2 Å². The molecule has 0 fully saturated rings. The van der Waals surface area contributed by atoms with Gasteiger partial charge in [0.1, 0.15) is 45.1 Å². The monoisotopic (exact) mass is 1520 g/mol. The maximum absolute atomic E-state index is 7.18. The zero-order valence-corrected chi connectivity index (χ0v) is 62.7. The molecular weight excluding hydrogens is 1460 g/mol. The molecule has 0 bridgehead atoms. The van der Waals surface area contributed by atoms with Crippen LogP contribution in [0.5, 0.6) is 34.5 Å². The second-order valence-corrected chi connectivity index (χ2v) is 29.1. The predicted molar refractivity (Wildman–Crippen MR) is 466 cm³/mol. The third-order valence-corrected chi connectivity index (χ3v) is 22.2. The number of hydrogen-bond donors (Lipinski definition) is 0. The normalized spacial score (nSPS) is 12.6. The van der Waals surface area contributed by atoms with Gasteiger partial charge in [-0.3, -0.25) is 23.0 Å². The summed E-state index contributed by atoms with van der Waals surface area (Å²) in [4.78, 5) is 33.5. The lowest BCUT2D eigenvalue weighted by Crippen LogP contribution is -2.17. The quantitative estimate of drug-likeness (QED) is 0.128. The van der Waals surface area contributed by atoms with Crippen LogP contribution >= 0.6 is 0 Å². The summed E-state index contributed by atoms with van der Waals surface area (Å²) >= 11 is 0. The molecule has 0 aliphatic carbocycles. The molecule has 22 aromatic rings. The molecule has 118 heavy (non-hydrogen) atoms. The van der Waals surface area contributed by atoms with Crippen molar-refractivity contribution in [1.82, 2.24) is 43.0 Å². The highest BCUT2D eigenvalue weighted by Crippen LogP contribution is 2.58. The Labute approximate surface area is 673 Å². The van der Waals surface area contributed by atoms with Gasteiger partial charge >= 0.3 is 0 Å². The van der Waals surface area contributed by atoms with E-state index in [1.165, 1.54) is 0 Å². The van der Waals surface area contributed by atoms with E-state index in [0.29, 0.717) is 34.0 Å². The molecule has 556 valence electrons. The molecule has 3 aliphatic rings. The molecule has 0 saturated heterocycles. The number of anilines is 9. The molecule has 6 aromatic heterocycles. The molecule has 0 saturated carbocycles. The third kappa shape index (κ3) is 10.5. The number of hydrogen-bond acceptors (Lipinski definition) is 13. The number of para-hydroxylation sites is 18. The van der Waals surface area contributed by atoms with Crippen LogP contribution in [0.15, 0.2) is 385 Å². The third-order valence-electron chi connectivity index (χ3n) is 22.2.